The van der Waals surface area contributed by atoms with Gasteiger partial charge in [-0.1, -0.05) is 69.4 Å². The predicted octanol–water partition coefficient (Wildman–Crippen LogP) is 4.87. The van der Waals surface area contributed by atoms with Gasteiger partial charge >= 0.3 is 0 Å². The van der Waals surface area contributed by atoms with Crippen LogP contribution in [0.2, 0.25) is 0 Å². The highest BCUT2D eigenvalue weighted by molar-refractivity contribution is 5.76. The van der Waals surface area contributed by atoms with Gasteiger partial charge < -0.3 is 5.32 Å². The van der Waals surface area contributed by atoms with Crippen LogP contribution in [0.3, 0.4) is 0 Å². The number of rotatable bonds is 11. The minimum atomic E-state index is 0.214. The molecule has 1 atom stereocenters. The summed E-state index contributed by atoms with van der Waals surface area (Å²) in [5, 5.41) is 3.11. The number of nitrogens with one attached hydrogen (secondary N) is 1. The van der Waals surface area contributed by atoms with Gasteiger partial charge in [-0.3, -0.25) is 4.79 Å². The van der Waals surface area contributed by atoms with Gasteiger partial charge in [0.05, 0.1) is 0 Å². The van der Waals surface area contributed by atoms with E-state index in [9.17, 15) is 4.79 Å². The van der Waals surface area contributed by atoms with Crippen molar-refractivity contribution in [3.8, 4) is 0 Å². The number of amides is 1. The summed E-state index contributed by atoms with van der Waals surface area (Å²) in [4.78, 5) is 11.8. The first-order valence-corrected chi connectivity index (χ1v) is 8.55. The van der Waals surface area contributed by atoms with E-state index >= 15 is 0 Å². The van der Waals surface area contributed by atoms with Crippen molar-refractivity contribution in [3.05, 3.63) is 35.9 Å². The second-order valence-corrected chi connectivity index (χ2v) is 6.01. The van der Waals surface area contributed by atoms with E-state index in [1.165, 1.54) is 37.7 Å². The number of aryl methyl sites for hydroxylation is 1. The summed E-state index contributed by atoms with van der Waals surface area (Å²) in [7, 11) is 0. The van der Waals surface area contributed by atoms with Crippen LogP contribution in [0, 0.1) is 0 Å². The van der Waals surface area contributed by atoms with Gasteiger partial charge in [0.15, 0.2) is 0 Å². The third-order valence-electron chi connectivity index (χ3n) is 3.87. The van der Waals surface area contributed by atoms with Gasteiger partial charge in [-0.2, -0.15) is 0 Å². The quantitative estimate of drug-likeness (QED) is 0.578. The Bertz CT molecular complexity index is 374. The fourth-order valence-electron chi connectivity index (χ4n) is 2.51. The minimum Gasteiger partial charge on any atom is -0.354 e. The Kier molecular flexibility index (Phi) is 9.60. The normalized spacial score (nSPS) is 12.1. The molecular formula is C19H31NO. The second kappa shape index (κ2) is 11.4. The summed E-state index contributed by atoms with van der Waals surface area (Å²) < 4.78 is 0. The van der Waals surface area contributed by atoms with E-state index in [4.69, 9.17) is 0 Å². The smallest absolute Gasteiger partial charge is 0.220 e. The molecular weight excluding hydrogens is 258 g/mol. The number of carbonyl (C=O) groups excluding carboxylic acids is 1. The van der Waals surface area contributed by atoms with Crippen LogP contribution in [-0.2, 0) is 11.2 Å². The molecule has 0 saturated carbocycles. The zero-order valence-corrected chi connectivity index (χ0v) is 13.7. The standard InChI is InChI=1S/C19H31NO/c1-3-4-5-6-7-11-14-19(21)20-17(2)15-16-18-12-9-8-10-13-18/h8-10,12-13,17H,3-7,11,14-16H2,1-2H3,(H,20,21). The summed E-state index contributed by atoms with van der Waals surface area (Å²) in [6.45, 7) is 4.33. The Morgan fingerprint density at radius 1 is 1.05 bits per heavy atom. The fourth-order valence-corrected chi connectivity index (χ4v) is 2.51. The van der Waals surface area contributed by atoms with E-state index in [0.29, 0.717) is 6.42 Å². The molecule has 0 aliphatic rings. The maximum Gasteiger partial charge on any atom is 0.220 e. The van der Waals surface area contributed by atoms with Gasteiger partial charge in [-0.25, -0.2) is 0 Å². The van der Waals surface area contributed by atoms with Gasteiger partial charge in [0.1, 0.15) is 0 Å². The van der Waals surface area contributed by atoms with Crippen molar-refractivity contribution >= 4 is 5.91 Å². The van der Waals surface area contributed by atoms with Crippen LogP contribution in [0.5, 0.6) is 0 Å². The zero-order valence-electron chi connectivity index (χ0n) is 13.7. The van der Waals surface area contributed by atoms with Crippen molar-refractivity contribution in [3.63, 3.8) is 0 Å². The molecule has 118 valence electrons. The lowest BCUT2D eigenvalue weighted by Gasteiger charge is -2.14. The average molecular weight is 289 g/mol. The Morgan fingerprint density at radius 2 is 1.71 bits per heavy atom. The fraction of sp³-hybridized carbons (Fsp3) is 0.632. The molecule has 1 rings (SSSR count). The molecule has 1 amide bonds. The Balaban J connectivity index is 2.05. The molecule has 2 heteroatoms. The maximum absolute atomic E-state index is 11.8. The topological polar surface area (TPSA) is 29.1 Å². The molecule has 0 aromatic heterocycles. The predicted molar refractivity (Wildman–Crippen MR) is 90.4 cm³/mol. The van der Waals surface area contributed by atoms with E-state index in [0.717, 1.165) is 19.3 Å². The minimum absolute atomic E-state index is 0.214. The molecule has 0 aliphatic carbocycles. The first-order valence-electron chi connectivity index (χ1n) is 8.55. The largest absolute Gasteiger partial charge is 0.354 e. The molecule has 21 heavy (non-hydrogen) atoms. The average Bonchev–Trinajstić information content (AvgIpc) is 2.50. The van der Waals surface area contributed by atoms with Crippen molar-refractivity contribution in [2.24, 2.45) is 0 Å². The summed E-state index contributed by atoms with van der Waals surface area (Å²) in [6, 6.07) is 10.7. The monoisotopic (exact) mass is 289 g/mol. The van der Waals surface area contributed by atoms with Crippen LogP contribution in [0.1, 0.15) is 70.8 Å². The van der Waals surface area contributed by atoms with Crippen molar-refractivity contribution < 1.29 is 4.79 Å². The first-order chi connectivity index (χ1) is 10.2. The third-order valence-corrected chi connectivity index (χ3v) is 3.87. The summed E-state index contributed by atoms with van der Waals surface area (Å²) in [5.41, 5.74) is 1.34. The zero-order chi connectivity index (χ0) is 15.3. The van der Waals surface area contributed by atoms with Gasteiger partial charge in [0.2, 0.25) is 5.91 Å². The molecule has 1 aromatic carbocycles. The highest BCUT2D eigenvalue weighted by Crippen LogP contribution is 2.08. The molecule has 0 fully saturated rings. The Labute approximate surface area is 130 Å². The number of benzene rings is 1. The molecule has 0 saturated heterocycles. The van der Waals surface area contributed by atoms with Crippen LogP contribution >= 0.6 is 0 Å². The lowest BCUT2D eigenvalue weighted by Crippen LogP contribution is -2.32. The first kappa shape index (κ1) is 17.7. The van der Waals surface area contributed by atoms with Gasteiger partial charge in [0, 0.05) is 12.5 Å². The maximum atomic E-state index is 11.8. The molecule has 1 aromatic rings. The molecule has 2 nitrogen and oxygen atoms in total. The molecule has 0 bridgehead atoms. The lowest BCUT2D eigenvalue weighted by molar-refractivity contribution is -0.121. The van der Waals surface area contributed by atoms with Crippen LogP contribution < -0.4 is 5.32 Å². The third kappa shape index (κ3) is 9.28. The summed E-state index contributed by atoms with van der Waals surface area (Å²) in [5.74, 6) is 0.214. The van der Waals surface area contributed by atoms with Crippen molar-refractivity contribution in [2.45, 2.75) is 77.7 Å². The highest BCUT2D eigenvalue weighted by atomic mass is 16.1. The van der Waals surface area contributed by atoms with E-state index in [-0.39, 0.29) is 11.9 Å². The van der Waals surface area contributed by atoms with E-state index < -0.39 is 0 Å². The van der Waals surface area contributed by atoms with Crippen LogP contribution in [-0.4, -0.2) is 11.9 Å². The number of hydrogen-bond donors (Lipinski definition) is 1. The van der Waals surface area contributed by atoms with Gasteiger partial charge in [-0.15, -0.1) is 0 Å². The van der Waals surface area contributed by atoms with Crippen LogP contribution in [0.15, 0.2) is 30.3 Å². The van der Waals surface area contributed by atoms with Gasteiger partial charge in [0.25, 0.3) is 0 Å². The van der Waals surface area contributed by atoms with Gasteiger partial charge in [-0.05, 0) is 31.7 Å². The molecule has 0 aliphatic heterocycles. The molecule has 0 heterocycles. The summed E-state index contributed by atoms with van der Waals surface area (Å²) in [6.07, 6.45) is 10.1. The van der Waals surface area contributed by atoms with E-state index in [1.54, 1.807) is 0 Å². The molecule has 0 spiro atoms. The lowest BCUT2D eigenvalue weighted by atomic mass is 10.1. The Hall–Kier alpha value is -1.31. The number of carbonyl (C=O) groups is 1. The highest BCUT2D eigenvalue weighted by Gasteiger charge is 2.07. The molecule has 1 unspecified atom stereocenters. The SMILES string of the molecule is CCCCCCCCC(=O)NC(C)CCc1ccccc1. The second-order valence-electron chi connectivity index (χ2n) is 6.01. The van der Waals surface area contributed by atoms with E-state index in [1.807, 2.05) is 6.07 Å². The van der Waals surface area contributed by atoms with Crippen molar-refractivity contribution in [1.29, 1.82) is 0 Å². The summed E-state index contributed by atoms with van der Waals surface area (Å²) >= 11 is 0. The van der Waals surface area contributed by atoms with Crippen molar-refractivity contribution in [1.82, 2.24) is 5.32 Å². The Morgan fingerprint density at radius 3 is 2.43 bits per heavy atom. The number of unbranched alkanes of at least 4 members (excludes halogenated alkanes) is 5. The number of hydrogen-bond acceptors (Lipinski definition) is 1. The van der Waals surface area contributed by atoms with E-state index in [2.05, 4.69) is 43.4 Å². The molecule has 1 N–H and O–H groups in total. The van der Waals surface area contributed by atoms with Crippen LogP contribution in [0.25, 0.3) is 0 Å². The molecule has 0 radical (unpaired) electrons. The van der Waals surface area contributed by atoms with Crippen LogP contribution in [0.4, 0.5) is 0 Å². The van der Waals surface area contributed by atoms with Crippen molar-refractivity contribution in [2.75, 3.05) is 0 Å².